The third kappa shape index (κ3) is 3.52. The van der Waals surface area contributed by atoms with Crippen LogP contribution in [0.2, 0.25) is 0 Å². The smallest absolute Gasteiger partial charge is 0.252 e. The predicted molar refractivity (Wildman–Crippen MR) is 112 cm³/mol. The van der Waals surface area contributed by atoms with Gasteiger partial charge in [-0.25, -0.2) is 0 Å². The molecule has 0 aromatic heterocycles. The monoisotopic (exact) mass is 380 g/mol. The van der Waals surface area contributed by atoms with Crippen LogP contribution in [0.25, 0.3) is 5.31 Å². The minimum absolute atomic E-state index is 0.0676. The van der Waals surface area contributed by atoms with E-state index in [1.165, 1.54) is 16.7 Å². The third-order valence-corrected chi connectivity index (χ3v) is 6.83. The second kappa shape index (κ2) is 7.46. The van der Waals surface area contributed by atoms with Crippen molar-refractivity contribution in [2.45, 2.75) is 26.1 Å². The zero-order valence-electron chi connectivity index (χ0n) is 16.0. The van der Waals surface area contributed by atoms with E-state index >= 15 is 0 Å². The fourth-order valence-electron chi connectivity index (χ4n) is 3.85. The van der Waals surface area contributed by atoms with Gasteiger partial charge >= 0.3 is 0 Å². The fraction of sp³-hybridized carbons (Fsp3) is 0.318. The van der Waals surface area contributed by atoms with Crippen molar-refractivity contribution in [3.8, 4) is 5.75 Å². The minimum atomic E-state index is 0.0676. The lowest BCUT2D eigenvalue weighted by Gasteiger charge is -2.36. The normalized spacial score (nSPS) is 23.3. The van der Waals surface area contributed by atoms with Gasteiger partial charge in [0.05, 0.1) is 12.9 Å². The highest BCUT2D eigenvalue weighted by atomic mass is 31.1. The number of rotatable bonds is 3. The van der Waals surface area contributed by atoms with E-state index < -0.39 is 0 Å². The molecule has 4 nitrogen and oxygen atoms in total. The van der Waals surface area contributed by atoms with Crippen molar-refractivity contribution >= 4 is 19.8 Å². The molecule has 0 aliphatic carbocycles. The van der Waals surface area contributed by atoms with Crippen LogP contribution in [0.1, 0.15) is 24.5 Å². The Morgan fingerprint density at radius 1 is 1.30 bits per heavy atom. The molecule has 0 spiro atoms. The molecule has 140 valence electrons. The summed E-state index contributed by atoms with van der Waals surface area (Å²) in [6.07, 6.45) is 9.38. The molecule has 1 aromatic rings. The first-order valence-corrected chi connectivity index (χ1v) is 10.4. The van der Waals surface area contributed by atoms with Crippen molar-refractivity contribution < 1.29 is 9.53 Å². The molecule has 2 unspecified atom stereocenters. The molecule has 5 heteroatoms. The van der Waals surface area contributed by atoms with Crippen LogP contribution in [-0.4, -0.2) is 36.8 Å². The summed E-state index contributed by atoms with van der Waals surface area (Å²) in [4.78, 5) is 14.8. The number of benzene rings is 1. The number of hydrogen-bond donors (Lipinski definition) is 1. The van der Waals surface area contributed by atoms with Gasteiger partial charge in [-0.1, -0.05) is 26.8 Å². The highest BCUT2D eigenvalue weighted by Crippen LogP contribution is 2.46. The molecule has 1 aromatic carbocycles. The van der Waals surface area contributed by atoms with Crippen molar-refractivity contribution in [1.82, 2.24) is 10.2 Å². The van der Waals surface area contributed by atoms with Gasteiger partial charge in [-0.2, -0.15) is 0 Å². The summed E-state index contributed by atoms with van der Waals surface area (Å²) in [6.45, 7) is 6.10. The van der Waals surface area contributed by atoms with Crippen molar-refractivity contribution in [2.75, 3.05) is 20.2 Å². The topological polar surface area (TPSA) is 41.6 Å². The van der Waals surface area contributed by atoms with Gasteiger partial charge in [0, 0.05) is 18.8 Å². The molecular formula is C22H25N2O2P. The first-order chi connectivity index (χ1) is 13.1. The summed E-state index contributed by atoms with van der Waals surface area (Å²) >= 11 is 0. The zero-order chi connectivity index (χ0) is 19.0. The standard InChI is InChI=1S/C22H25N2O2P/c1-14-11-22-24(13-18(14)16-6-8-23-9-7-16)21(25)12-20(27-22)17-4-5-19(26-3)15(2)10-17/h4-6,10-13,22-23,27H,7-9H2,1-3H3. The number of aryl methyl sites for hydroxylation is 1. The Labute approximate surface area is 162 Å². The molecular weight excluding hydrogens is 355 g/mol. The van der Waals surface area contributed by atoms with Gasteiger partial charge in [-0.05, 0) is 72.1 Å². The van der Waals surface area contributed by atoms with Crippen molar-refractivity contribution in [3.63, 3.8) is 0 Å². The quantitative estimate of drug-likeness (QED) is 0.808. The number of hydrogen-bond acceptors (Lipinski definition) is 3. The number of carbonyl (C=O) groups excluding carboxylic acids is 1. The third-order valence-electron chi connectivity index (χ3n) is 5.34. The van der Waals surface area contributed by atoms with Crippen molar-refractivity contribution in [3.05, 3.63) is 70.5 Å². The Balaban J connectivity index is 1.64. The highest BCUT2D eigenvalue weighted by Gasteiger charge is 2.30. The van der Waals surface area contributed by atoms with E-state index in [-0.39, 0.29) is 11.7 Å². The maximum absolute atomic E-state index is 12.9. The number of allylic oxidation sites excluding steroid dienone is 2. The van der Waals surface area contributed by atoms with Gasteiger partial charge in [0.15, 0.2) is 0 Å². The Morgan fingerprint density at radius 3 is 2.85 bits per heavy atom. The SMILES string of the molecule is COc1ccc(C2=CC(=O)N3C=C(C4=CCNCC4)C(C)=CC3P2)cc1C. The molecule has 27 heavy (non-hydrogen) atoms. The van der Waals surface area contributed by atoms with Crippen LogP contribution in [-0.2, 0) is 4.79 Å². The molecule has 1 N–H and O–H groups in total. The number of carbonyl (C=O) groups is 1. The van der Waals surface area contributed by atoms with Crippen molar-refractivity contribution in [1.29, 1.82) is 0 Å². The van der Waals surface area contributed by atoms with E-state index in [1.807, 2.05) is 24.0 Å². The van der Waals surface area contributed by atoms with Crippen LogP contribution in [0.5, 0.6) is 5.75 Å². The number of methoxy groups -OCH3 is 1. The van der Waals surface area contributed by atoms with E-state index in [9.17, 15) is 4.79 Å². The molecule has 0 fully saturated rings. The van der Waals surface area contributed by atoms with Crippen LogP contribution in [0, 0.1) is 6.92 Å². The molecule has 0 saturated carbocycles. The molecule has 1 amide bonds. The van der Waals surface area contributed by atoms with Gasteiger partial charge in [-0.15, -0.1) is 0 Å². The lowest BCUT2D eigenvalue weighted by molar-refractivity contribution is -0.123. The van der Waals surface area contributed by atoms with Crippen LogP contribution in [0.4, 0.5) is 0 Å². The Bertz CT molecular complexity index is 911. The van der Waals surface area contributed by atoms with E-state index in [0.29, 0.717) is 8.58 Å². The van der Waals surface area contributed by atoms with Gasteiger partial charge in [0.25, 0.3) is 5.91 Å². The lowest BCUT2D eigenvalue weighted by atomic mass is 9.93. The Hall–Kier alpha value is -2.16. The minimum Gasteiger partial charge on any atom is -0.496 e. The number of nitrogens with one attached hydrogen (secondary N) is 1. The molecule has 0 saturated heterocycles. The molecule has 0 radical (unpaired) electrons. The number of fused-ring (bicyclic) bond motifs is 1. The van der Waals surface area contributed by atoms with E-state index in [2.05, 4.69) is 36.7 Å². The van der Waals surface area contributed by atoms with E-state index in [4.69, 9.17) is 4.74 Å². The largest absolute Gasteiger partial charge is 0.496 e. The van der Waals surface area contributed by atoms with E-state index in [0.717, 1.165) is 41.7 Å². The molecule has 2 atom stereocenters. The number of amides is 1. The molecule has 3 heterocycles. The van der Waals surface area contributed by atoms with Gasteiger partial charge in [0.2, 0.25) is 0 Å². The van der Waals surface area contributed by atoms with Crippen LogP contribution >= 0.6 is 8.58 Å². The number of ether oxygens (including phenoxy) is 1. The Morgan fingerprint density at radius 2 is 2.15 bits per heavy atom. The number of nitrogens with zero attached hydrogens (tertiary/aromatic N) is 1. The second-order valence-corrected chi connectivity index (χ2v) is 8.57. The first-order valence-electron chi connectivity index (χ1n) is 9.33. The fourth-order valence-corrected chi connectivity index (χ4v) is 5.38. The lowest BCUT2D eigenvalue weighted by Crippen LogP contribution is -2.36. The second-order valence-electron chi connectivity index (χ2n) is 7.15. The molecule has 3 aliphatic heterocycles. The van der Waals surface area contributed by atoms with Gasteiger partial charge in [-0.3, -0.25) is 4.79 Å². The summed E-state index contributed by atoms with van der Waals surface area (Å²) < 4.78 is 5.36. The maximum Gasteiger partial charge on any atom is 0.252 e. The molecule has 3 aliphatic rings. The summed E-state index contributed by atoms with van der Waals surface area (Å²) in [5.74, 6) is 1.06. The van der Waals surface area contributed by atoms with Crippen LogP contribution < -0.4 is 10.1 Å². The predicted octanol–water partition coefficient (Wildman–Crippen LogP) is 3.95. The van der Waals surface area contributed by atoms with E-state index in [1.54, 1.807) is 13.2 Å². The summed E-state index contributed by atoms with van der Waals surface area (Å²) in [5, 5.41) is 4.47. The van der Waals surface area contributed by atoms with Gasteiger partial charge < -0.3 is 15.0 Å². The zero-order valence-corrected chi connectivity index (χ0v) is 17.0. The van der Waals surface area contributed by atoms with Crippen LogP contribution in [0.3, 0.4) is 0 Å². The highest BCUT2D eigenvalue weighted by molar-refractivity contribution is 7.51. The van der Waals surface area contributed by atoms with Crippen LogP contribution in [0.15, 0.2) is 59.3 Å². The molecule has 4 rings (SSSR count). The summed E-state index contributed by atoms with van der Waals surface area (Å²) in [6, 6.07) is 6.14. The average Bonchev–Trinajstić information content (AvgIpc) is 2.68. The first kappa shape index (κ1) is 18.2. The van der Waals surface area contributed by atoms with Crippen molar-refractivity contribution in [2.24, 2.45) is 0 Å². The summed E-state index contributed by atoms with van der Waals surface area (Å²) in [5.41, 5.74) is 6.03. The maximum atomic E-state index is 12.9. The Kier molecular flexibility index (Phi) is 5.03. The van der Waals surface area contributed by atoms with Gasteiger partial charge in [0.1, 0.15) is 5.75 Å². The average molecular weight is 380 g/mol. The molecule has 0 bridgehead atoms. The summed E-state index contributed by atoms with van der Waals surface area (Å²) in [7, 11) is 2.22.